The molecule has 1 aliphatic rings. The van der Waals surface area contributed by atoms with E-state index in [1.807, 2.05) is 6.26 Å². The van der Waals surface area contributed by atoms with Gasteiger partial charge in [0, 0.05) is 0 Å². The number of rotatable bonds is 9. The van der Waals surface area contributed by atoms with E-state index in [1.165, 1.54) is 25.7 Å². The minimum atomic E-state index is -0.213. The zero-order chi connectivity index (χ0) is 17.2. The molecule has 24 heavy (non-hydrogen) atoms. The first kappa shape index (κ1) is 19.1. The molecular formula is C15H28N6O2S. The molecule has 1 aliphatic heterocycles. The molecule has 8 nitrogen and oxygen atoms in total. The van der Waals surface area contributed by atoms with E-state index in [2.05, 4.69) is 25.7 Å². The summed E-state index contributed by atoms with van der Waals surface area (Å²) in [5.74, 6) is 1.45. The van der Waals surface area contributed by atoms with E-state index in [9.17, 15) is 9.90 Å². The largest absolute Gasteiger partial charge is 0.394 e. The minimum absolute atomic E-state index is 0.0530. The molecule has 2 rings (SSSR count). The highest BCUT2D eigenvalue weighted by molar-refractivity contribution is 7.98. The summed E-state index contributed by atoms with van der Waals surface area (Å²) in [4.78, 5) is 14.5. The van der Waals surface area contributed by atoms with Crippen molar-refractivity contribution in [3.8, 4) is 0 Å². The molecule has 0 radical (unpaired) electrons. The highest BCUT2D eigenvalue weighted by Gasteiger charge is 2.17. The van der Waals surface area contributed by atoms with Crippen LogP contribution in [0.1, 0.15) is 37.9 Å². The quantitative estimate of drug-likeness (QED) is 0.656. The van der Waals surface area contributed by atoms with E-state index in [1.54, 1.807) is 16.4 Å². The number of carbonyl (C=O) groups is 1. The number of carbonyl (C=O) groups excluding carboxylic acids is 1. The fraction of sp³-hybridized carbons (Fsp3) is 0.867. The van der Waals surface area contributed by atoms with Crippen molar-refractivity contribution in [3.63, 3.8) is 0 Å². The molecule has 2 N–H and O–H groups in total. The van der Waals surface area contributed by atoms with Crippen LogP contribution in [0.5, 0.6) is 0 Å². The third kappa shape index (κ3) is 6.37. The van der Waals surface area contributed by atoms with Crippen LogP contribution in [0.4, 0.5) is 0 Å². The maximum Gasteiger partial charge on any atom is 0.242 e. The van der Waals surface area contributed by atoms with Crippen LogP contribution in [0, 0.1) is 0 Å². The smallest absolute Gasteiger partial charge is 0.242 e. The van der Waals surface area contributed by atoms with Crippen molar-refractivity contribution in [2.75, 3.05) is 31.7 Å². The molecule has 0 aliphatic carbocycles. The SMILES string of the molecule is CSCC[C@@H](CO)NC(=O)Cn1nnnc1CN1CCCCCC1. The van der Waals surface area contributed by atoms with E-state index >= 15 is 0 Å². The highest BCUT2D eigenvalue weighted by atomic mass is 32.2. The van der Waals surface area contributed by atoms with Crippen LogP contribution in [0.2, 0.25) is 0 Å². The Labute approximate surface area is 147 Å². The molecule has 1 atom stereocenters. The van der Waals surface area contributed by atoms with Crippen LogP contribution in [0.15, 0.2) is 0 Å². The molecule has 1 amide bonds. The topological polar surface area (TPSA) is 96.2 Å². The number of aromatic nitrogens is 4. The van der Waals surface area contributed by atoms with Gasteiger partial charge in [-0.25, -0.2) is 4.68 Å². The van der Waals surface area contributed by atoms with Crippen molar-refractivity contribution in [2.24, 2.45) is 0 Å². The third-order valence-electron chi connectivity index (χ3n) is 4.22. The number of aliphatic hydroxyl groups excluding tert-OH is 1. The first-order valence-electron chi connectivity index (χ1n) is 8.59. The Hall–Kier alpha value is -1.19. The molecule has 0 bridgehead atoms. The lowest BCUT2D eigenvalue weighted by atomic mass is 10.2. The number of hydrogen-bond acceptors (Lipinski definition) is 7. The summed E-state index contributed by atoms with van der Waals surface area (Å²) in [5.41, 5.74) is 0. The summed E-state index contributed by atoms with van der Waals surface area (Å²) in [6.45, 7) is 2.82. The molecule has 0 saturated carbocycles. The zero-order valence-corrected chi connectivity index (χ0v) is 15.2. The van der Waals surface area contributed by atoms with Crippen molar-refractivity contribution >= 4 is 17.7 Å². The number of thioether (sulfide) groups is 1. The predicted molar refractivity (Wildman–Crippen MR) is 93.6 cm³/mol. The van der Waals surface area contributed by atoms with Gasteiger partial charge in [0.05, 0.1) is 19.2 Å². The van der Waals surface area contributed by atoms with Crippen LogP contribution in [0.25, 0.3) is 0 Å². The van der Waals surface area contributed by atoms with Crippen LogP contribution in [0.3, 0.4) is 0 Å². The predicted octanol–water partition coefficient (Wildman–Crippen LogP) is 0.279. The summed E-state index contributed by atoms with van der Waals surface area (Å²) >= 11 is 1.70. The van der Waals surface area contributed by atoms with Gasteiger partial charge < -0.3 is 10.4 Å². The van der Waals surface area contributed by atoms with Gasteiger partial charge in [-0.05, 0) is 54.8 Å². The monoisotopic (exact) mass is 356 g/mol. The van der Waals surface area contributed by atoms with E-state index in [0.29, 0.717) is 6.54 Å². The summed E-state index contributed by atoms with van der Waals surface area (Å²) < 4.78 is 1.56. The Balaban J connectivity index is 1.86. The lowest BCUT2D eigenvalue weighted by Crippen LogP contribution is -2.40. The van der Waals surface area contributed by atoms with Crippen molar-refractivity contribution in [3.05, 3.63) is 5.82 Å². The third-order valence-corrected chi connectivity index (χ3v) is 4.86. The molecule has 1 saturated heterocycles. The van der Waals surface area contributed by atoms with Gasteiger partial charge in [0.25, 0.3) is 0 Å². The van der Waals surface area contributed by atoms with Crippen LogP contribution < -0.4 is 5.32 Å². The minimum Gasteiger partial charge on any atom is -0.394 e. The summed E-state index contributed by atoms with van der Waals surface area (Å²) in [6, 6.07) is -0.213. The van der Waals surface area contributed by atoms with Gasteiger partial charge in [0.1, 0.15) is 6.54 Å². The van der Waals surface area contributed by atoms with Crippen molar-refractivity contribution in [2.45, 2.75) is 51.2 Å². The fourth-order valence-corrected chi connectivity index (χ4v) is 3.35. The molecule has 1 fully saturated rings. The maximum absolute atomic E-state index is 12.2. The van der Waals surface area contributed by atoms with Gasteiger partial charge >= 0.3 is 0 Å². The summed E-state index contributed by atoms with van der Waals surface area (Å²) in [7, 11) is 0. The Kier molecular flexibility index (Phi) is 8.48. The van der Waals surface area contributed by atoms with Crippen LogP contribution in [-0.2, 0) is 17.9 Å². The lowest BCUT2D eigenvalue weighted by Gasteiger charge is -2.19. The number of nitrogens with one attached hydrogen (secondary N) is 1. The Morgan fingerprint density at radius 3 is 2.75 bits per heavy atom. The normalized spacial score (nSPS) is 17.4. The second-order valence-electron chi connectivity index (χ2n) is 6.17. The van der Waals surface area contributed by atoms with Gasteiger partial charge in [-0.1, -0.05) is 12.8 Å². The van der Waals surface area contributed by atoms with Crippen LogP contribution in [-0.4, -0.2) is 73.9 Å². The molecule has 2 heterocycles. The molecule has 136 valence electrons. The Morgan fingerprint density at radius 1 is 1.33 bits per heavy atom. The van der Waals surface area contributed by atoms with Gasteiger partial charge in [-0.2, -0.15) is 11.8 Å². The molecule has 0 unspecified atom stereocenters. The molecule has 0 spiro atoms. The fourth-order valence-electron chi connectivity index (χ4n) is 2.83. The molecule has 1 aromatic heterocycles. The van der Waals surface area contributed by atoms with Crippen molar-refractivity contribution < 1.29 is 9.90 Å². The van der Waals surface area contributed by atoms with Crippen molar-refractivity contribution in [1.82, 2.24) is 30.4 Å². The highest BCUT2D eigenvalue weighted by Crippen LogP contribution is 2.11. The Bertz CT molecular complexity index is 490. The Morgan fingerprint density at radius 2 is 2.08 bits per heavy atom. The molecule has 0 aromatic carbocycles. The zero-order valence-electron chi connectivity index (χ0n) is 14.4. The average molecular weight is 356 g/mol. The molecular weight excluding hydrogens is 328 g/mol. The first-order valence-corrected chi connectivity index (χ1v) is 9.99. The van der Waals surface area contributed by atoms with Crippen LogP contribution >= 0.6 is 11.8 Å². The van der Waals surface area contributed by atoms with Gasteiger partial charge in [0.15, 0.2) is 5.82 Å². The lowest BCUT2D eigenvalue weighted by molar-refractivity contribution is -0.123. The summed E-state index contributed by atoms with van der Waals surface area (Å²) in [6.07, 6.45) is 7.72. The van der Waals surface area contributed by atoms with Gasteiger partial charge in [0.2, 0.25) is 5.91 Å². The van der Waals surface area contributed by atoms with E-state index in [0.717, 1.165) is 31.1 Å². The number of amides is 1. The number of likely N-dealkylation sites (tertiary alicyclic amines) is 1. The standard InChI is InChI=1S/C15H28N6O2S/c1-24-9-6-13(12-22)16-15(23)11-21-14(17-18-19-21)10-20-7-4-2-3-5-8-20/h13,22H,2-12H2,1H3,(H,16,23)/t13-/m0/s1. The molecule has 9 heteroatoms. The number of aliphatic hydroxyl groups is 1. The molecule has 1 aromatic rings. The number of hydrogen-bond donors (Lipinski definition) is 2. The first-order chi connectivity index (χ1) is 11.7. The second kappa shape index (κ2) is 10.6. The maximum atomic E-state index is 12.2. The van der Waals surface area contributed by atoms with Gasteiger partial charge in [-0.3, -0.25) is 9.69 Å². The number of nitrogens with zero attached hydrogens (tertiary/aromatic N) is 5. The summed E-state index contributed by atoms with van der Waals surface area (Å²) in [5, 5.41) is 23.9. The average Bonchev–Trinajstić information content (AvgIpc) is 2.84. The second-order valence-corrected chi connectivity index (χ2v) is 7.16. The van der Waals surface area contributed by atoms with Crippen molar-refractivity contribution in [1.29, 1.82) is 0 Å². The number of tetrazole rings is 1. The van der Waals surface area contributed by atoms with E-state index in [4.69, 9.17) is 0 Å². The van der Waals surface area contributed by atoms with Gasteiger partial charge in [-0.15, -0.1) is 5.10 Å². The van der Waals surface area contributed by atoms with E-state index < -0.39 is 0 Å². The van der Waals surface area contributed by atoms with E-state index in [-0.39, 0.29) is 25.1 Å².